The maximum Gasteiger partial charge on any atom is 0.264 e. The zero-order chi connectivity index (χ0) is 16.0. The third-order valence-electron chi connectivity index (χ3n) is 2.64. The van der Waals surface area contributed by atoms with Gasteiger partial charge in [0.1, 0.15) is 0 Å². The van der Waals surface area contributed by atoms with Gasteiger partial charge in [0.25, 0.3) is 10.0 Å². The van der Waals surface area contributed by atoms with E-state index in [9.17, 15) is 13.2 Å². The van der Waals surface area contributed by atoms with Gasteiger partial charge >= 0.3 is 0 Å². The molecule has 5 heteroatoms. The van der Waals surface area contributed by atoms with Crippen molar-refractivity contribution in [2.24, 2.45) is 5.92 Å². The molecule has 1 rings (SSSR count). The number of carbonyl (C=O) groups excluding carboxylic acids is 1. The standard InChI is InChI=1S/C14H21NO3S/c1-11(2)5-4-6-14(16)15-19(17,18)13-9-7-12(3)8-10-13/h7-11H,4-6H2,1-3H3,(H,15,16)/i1D2. The van der Waals surface area contributed by atoms with E-state index in [0.29, 0.717) is 12.8 Å². The summed E-state index contributed by atoms with van der Waals surface area (Å²) in [6.45, 7) is 2.69. The fourth-order valence-electron chi connectivity index (χ4n) is 1.56. The molecule has 4 nitrogen and oxygen atoms in total. The van der Waals surface area contributed by atoms with E-state index in [1.165, 1.54) is 12.1 Å². The molecule has 1 atom stereocenters. The van der Waals surface area contributed by atoms with Crippen molar-refractivity contribution in [1.82, 2.24) is 4.72 Å². The summed E-state index contributed by atoms with van der Waals surface area (Å²) in [4.78, 5) is 11.7. The number of rotatable bonds is 6. The van der Waals surface area contributed by atoms with E-state index < -0.39 is 22.8 Å². The van der Waals surface area contributed by atoms with Crippen LogP contribution < -0.4 is 4.72 Å². The molecule has 19 heavy (non-hydrogen) atoms. The molecule has 0 aromatic heterocycles. The van der Waals surface area contributed by atoms with E-state index >= 15 is 0 Å². The lowest BCUT2D eigenvalue weighted by Crippen LogP contribution is -2.30. The summed E-state index contributed by atoms with van der Waals surface area (Å²) in [6, 6.07) is 6.25. The highest BCUT2D eigenvalue weighted by atomic mass is 32.2. The van der Waals surface area contributed by atoms with Gasteiger partial charge in [0.05, 0.1) is 4.90 Å². The van der Waals surface area contributed by atoms with E-state index in [1.807, 2.05) is 11.6 Å². The van der Waals surface area contributed by atoms with Crippen LogP contribution in [0.15, 0.2) is 29.2 Å². The zero-order valence-corrected chi connectivity index (χ0v) is 12.0. The van der Waals surface area contributed by atoms with E-state index in [4.69, 9.17) is 2.74 Å². The van der Waals surface area contributed by atoms with Crippen LogP contribution in [0.5, 0.6) is 0 Å². The fraction of sp³-hybridized carbons (Fsp3) is 0.500. The fourth-order valence-corrected chi connectivity index (χ4v) is 2.58. The second kappa shape index (κ2) is 6.70. The van der Waals surface area contributed by atoms with Gasteiger partial charge in [-0.3, -0.25) is 4.79 Å². The van der Waals surface area contributed by atoms with Crippen LogP contribution in [0.4, 0.5) is 0 Å². The number of hydrogen-bond acceptors (Lipinski definition) is 3. The van der Waals surface area contributed by atoms with Crippen LogP contribution in [0, 0.1) is 12.8 Å². The summed E-state index contributed by atoms with van der Waals surface area (Å²) in [5.74, 6) is -0.694. The van der Waals surface area contributed by atoms with Gasteiger partial charge in [0.15, 0.2) is 0 Å². The van der Waals surface area contributed by atoms with Crippen LogP contribution in [-0.2, 0) is 14.8 Å². The summed E-state index contributed by atoms with van der Waals surface area (Å²) in [6.07, 6.45) is 1.09. The first kappa shape index (κ1) is 12.7. The maximum absolute atomic E-state index is 12.0. The van der Waals surface area contributed by atoms with Gasteiger partial charge in [-0.1, -0.05) is 37.9 Å². The van der Waals surface area contributed by atoms with Crippen molar-refractivity contribution in [3.8, 4) is 0 Å². The second-order valence-electron chi connectivity index (χ2n) is 4.71. The van der Waals surface area contributed by atoms with Gasteiger partial charge in [0.2, 0.25) is 5.91 Å². The SMILES string of the molecule is [2H]C([2H])C(C)CCCC(=O)NS(=O)(=O)c1ccc(C)cc1. The minimum Gasteiger partial charge on any atom is -0.274 e. The van der Waals surface area contributed by atoms with Crippen LogP contribution in [-0.4, -0.2) is 14.3 Å². The van der Waals surface area contributed by atoms with Gasteiger partial charge in [-0.25, -0.2) is 13.1 Å². The Labute approximate surface area is 118 Å². The van der Waals surface area contributed by atoms with Crippen LogP contribution in [0.3, 0.4) is 0 Å². The van der Waals surface area contributed by atoms with Crippen LogP contribution in [0.1, 0.15) is 41.4 Å². The van der Waals surface area contributed by atoms with E-state index in [-0.39, 0.29) is 17.2 Å². The molecular weight excluding hydrogens is 262 g/mol. The first-order chi connectivity index (χ1) is 9.72. The Balaban J connectivity index is 2.52. The monoisotopic (exact) mass is 285 g/mol. The smallest absolute Gasteiger partial charge is 0.264 e. The molecular formula is C14H21NO3S. The molecule has 1 unspecified atom stereocenters. The van der Waals surface area contributed by atoms with Crippen molar-refractivity contribution in [2.45, 2.75) is 44.9 Å². The Hall–Kier alpha value is -1.36. The number of amides is 1. The molecule has 1 amide bonds. The molecule has 0 spiro atoms. The molecule has 106 valence electrons. The maximum atomic E-state index is 12.0. The third-order valence-corrected chi connectivity index (χ3v) is 4.03. The minimum absolute atomic E-state index is 0.0622. The first-order valence-electron chi connectivity index (χ1n) is 7.34. The van der Waals surface area contributed by atoms with Crippen LogP contribution >= 0.6 is 0 Å². The Bertz CT molecular complexity index is 570. The van der Waals surface area contributed by atoms with Crippen molar-refractivity contribution >= 4 is 15.9 Å². The summed E-state index contributed by atoms with van der Waals surface area (Å²) in [5, 5.41) is 0. The van der Waals surface area contributed by atoms with Gasteiger partial charge in [-0.05, 0) is 31.4 Å². The van der Waals surface area contributed by atoms with Gasteiger partial charge in [-0.15, -0.1) is 0 Å². The molecule has 1 aromatic rings. The first-order valence-corrected chi connectivity index (χ1v) is 7.67. The van der Waals surface area contributed by atoms with Crippen LogP contribution in [0.25, 0.3) is 0 Å². The molecule has 1 N–H and O–H groups in total. The molecule has 0 fully saturated rings. The Morgan fingerprint density at radius 3 is 2.58 bits per heavy atom. The highest BCUT2D eigenvalue weighted by molar-refractivity contribution is 7.90. The number of hydrogen-bond donors (Lipinski definition) is 1. The minimum atomic E-state index is -3.82. The third kappa shape index (κ3) is 5.42. The largest absolute Gasteiger partial charge is 0.274 e. The summed E-state index contributed by atoms with van der Waals surface area (Å²) < 4.78 is 40.4. The molecule has 0 saturated heterocycles. The highest BCUT2D eigenvalue weighted by Gasteiger charge is 2.16. The number of carbonyl (C=O) groups is 1. The molecule has 0 heterocycles. The van der Waals surface area contributed by atoms with Crippen molar-refractivity contribution in [1.29, 1.82) is 0 Å². The average Bonchev–Trinajstić information content (AvgIpc) is 2.38. The van der Waals surface area contributed by atoms with Crippen molar-refractivity contribution in [3.63, 3.8) is 0 Å². The summed E-state index contributed by atoms with van der Waals surface area (Å²) in [7, 11) is -3.82. The molecule has 1 aromatic carbocycles. The quantitative estimate of drug-likeness (QED) is 0.874. The molecule has 0 bridgehead atoms. The highest BCUT2D eigenvalue weighted by Crippen LogP contribution is 2.11. The molecule has 0 aliphatic rings. The lowest BCUT2D eigenvalue weighted by molar-refractivity contribution is -0.119. The number of benzene rings is 1. The lowest BCUT2D eigenvalue weighted by Gasteiger charge is -2.08. The predicted molar refractivity (Wildman–Crippen MR) is 75.2 cm³/mol. The zero-order valence-electron chi connectivity index (χ0n) is 13.2. The summed E-state index contributed by atoms with van der Waals surface area (Å²) >= 11 is 0. The predicted octanol–water partition coefficient (Wildman–Crippen LogP) is 2.63. The lowest BCUT2D eigenvalue weighted by atomic mass is 10.1. The topological polar surface area (TPSA) is 63.2 Å². The van der Waals surface area contributed by atoms with Crippen molar-refractivity contribution in [2.75, 3.05) is 0 Å². The normalized spacial score (nSPS) is 14.7. The summed E-state index contributed by atoms with van der Waals surface area (Å²) in [5.41, 5.74) is 0.939. The molecule has 0 saturated carbocycles. The Kier molecular flexibility index (Phi) is 4.47. The van der Waals surface area contributed by atoms with Crippen LogP contribution in [0.2, 0.25) is 0 Å². The van der Waals surface area contributed by atoms with E-state index in [2.05, 4.69) is 0 Å². The van der Waals surface area contributed by atoms with E-state index in [0.717, 1.165) is 5.56 Å². The molecule has 0 radical (unpaired) electrons. The Morgan fingerprint density at radius 1 is 1.37 bits per heavy atom. The van der Waals surface area contributed by atoms with Crippen molar-refractivity contribution < 1.29 is 16.0 Å². The number of nitrogens with one attached hydrogen (secondary N) is 1. The molecule has 0 aliphatic heterocycles. The van der Waals surface area contributed by atoms with Gasteiger partial charge < -0.3 is 0 Å². The van der Waals surface area contributed by atoms with Gasteiger partial charge in [-0.2, -0.15) is 0 Å². The molecule has 0 aliphatic carbocycles. The number of sulfonamides is 1. The van der Waals surface area contributed by atoms with Crippen molar-refractivity contribution in [3.05, 3.63) is 29.8 Å². The van der Waals surface area contributed by atoms with Gasteiger partial charge in [0, 0.05) is 9.16 Å². The second-order valence-corrected chi connectivity index (χ2v) is 6.39. The average molecular weight is 285 g/mol. The van der Waals surface area contributed by atoms with E-state index in [1.54, 1.807) is 19.1 Å². The number of aryl methyl sites for hydroxylation is 1. The Morgan fingerprint density at radius 2 is 2.00 bits per heavy atom.